The fourth-order valence-corrected chi connectivity index (χ4v) is 4.42. The number of carbonyl (C=O) groups is 1. The number of nitrogens with zero attached hydrogens (tertiary/aromatic N) is 1. The zero-order chi connectivity index (χ0) is 21.7. The number of hydrogen-bond acceptors (Lipinski definition) is 5. The maximum absolute atomic E-state index is 12.4. The Hall–Kier alpha value is -2.83. The van der Waals surface area contributed by atoms with Crippen LogP contribution in [0.5, 0.6) is 11.5 Å². The Morgan fingerprint density at radius 2 is 1.93 bits per heavy atom. The van der Waals surface area contributed by atoms with Crippen molar-refractivity contribution < 1.29 is 14.3 Å². The lowest BCUT2D eigenvalue weighted by Gasteiger charge is -2.11. The van der Waals surface area contributed by atoms with Crippen molar-refractivity contribution in [3.05, 3.63) is 69.7 Å². The van der Waals surface area contributed by atoms with Gasteiger partial charge in [-0.15, -0.1) is 11.3 Å². The van der Waals surface area contributed by atoms with Gasteiger partial charge in [0.1, 0.15) is 5.01 Å². The summed E-state index contributed by atoms with van der Waals surface area (Å²) in [5.41, 5.74) is 2.73. The summed E-state index contributed by atoms with van der Waals surface area (Å²) in [4.78, 5) is 18.1. The summed E-state index contributed by atoms with van der Waals surface area (Å²) in [6.07, 6.45) is 3.16. The van der Waals surface area contributed by atoms with Crippen molar-refractivity contribution >= 4 is 34.9 Å². The first-order valence-electron chi connectivity index (χ1n) is 9.35. The van der Waals surface area contributed by atoms with Crippen LogP contribution in [-0.4, -0.2) is 25.1 Å². The lowest BCUT2D eigenvalue weighted by Crippen LogP contribution is -2.24. The molecule has 0 saturated heterocycles. The van der Waals surface area contributed by atoms with Crippen molar-refractivity contribution in [2.45, 2.75) is 19.9 Å². The topological polar surface area (TPSA) is 60.5 Å². The minimum absolute atomic E-state index is 0.161. The number of amides is 1. The molecule has 0 aliphatic heterocycles. The quantitative estimate of drug-likeness (QED) is 0.478. The average Bonchev–Trinajstić information content (AvgIpc) is 3.14. The molecule has 0 saturated carbocycles. The van der Waals surface area contributed by atoms with Gasteiger partial charge in [-0.25, -0.2) is 4.98 Å². The highest BCUT2D eigenvalue weighted by Crippen LogP contribution is 2.36. The number of carbonyl (C=O) groups excluding carboxylic acids is 1. The number of halogens is 1. The molecule has 156 valence electrons. The normalized spacial score (nSPS) is 12.0. The molecule has 0 spiro atoms. The first-order valence-corrected chi connectivity index (χ1v) is 10.5. The predicted molar refractivity (Wildman–Crippen MR) is 122 cm³/mol. The van der Waals surface area contributed by atoms with Gasteiger partial charge >= 0.3 is 0 Å². The number of thiazole rings is 1. The van der Waals surface area contributed by atoms with Gasteiger partial charge in [-0.1, -0.05) is 41.9 Å². The molecule has 3 aromatic rings. The van der Waals surface area contributed by atoms with Crippen molar-refractivity contribution in [3.63, 3.8) is 0 Å². The summed E-state index contributed by atoms with van der Waals surface area (Å²) in [5, 5.41) is 4.35. The number of aromatic nitrogens is 1. The van der Waals surface area contributed by atoms with E-state index in [9.17, 15) is 4.79 Å². The molecule has 1 aromatic heterocycles. The summed E-state index contributed by atoms with van der Waals surface area (Å²) in [6, 6.07) is 13.3. The zero-order valence-electron chi connectivity index (χ0n) is 17.2. The van der Waals surface area contributed by atoms with E-state index in [1.165, 1.54) is 20.3 Å². The van der Waals surface area contributed by atoms with Crippen LogP contribution >= 0.6 is 22.9 Å². The van der Waals surface area contributed by atoms with Gasteiger partial charge in [-0.2, -0.15) is 0 Å². The second-order valence-corrected chi connectivity index (χ2v) is 8.07. The Morgan fingerprint density at radius 3 is 2.60 bits per heavy atom. The van der Waals surface area contributed by atoms with E-state index < -0.39 is 0 Å². The highest BCUT2D eigenvalue weighted by atomic mass is 35.5. The largest absolute Gasteiger partial charge is 0.493 e. The minimum atomic E-state index is -0.206. The molecule has 0 bridgehead atoms. The average molecular weight is 443 g/mol. The highest BCUT2D eigenvalue weighted by Gasteiger charge is 2.16. The first-order chi connectivity index (χ1) is 14.4. The van der Waals surface area contributed by atoms with Crippen LogP contribution < -0.4 is 14.8 Å². The third-order valence-corrected chi connectivity index (χ3v) is 6.16. The number of benzene rings is 2. The molecule has 3 rings (SSSR count). The zero-order valence-corrected chi connectivity index (χ0v) is 18.8. The Bertz CT molecular complexity index is 1060. The van der Waals surface area contributed by atoms with Crippen LogP contribution in [0.2, 0.25) is 5.02 Å². The van der Waals surface area contributed by atoms with E-state index in [1.54, 1.807) is 29.5 Å². The van der Waals surface area contributed by atoms with E-state index in [-0.39, 0.29) is 11.9 Å². The molecule has 0 aliphatic rings. The van der Waals surface area contributed by atoms with E-state index in [1.807, 2.05) is 44.2 Å². The summed E-state index contributed by atoms with van der Waals surface area (Å²) in [7, 11) is 3.07. The van der Waals surface area contributed by atoms with E-state index in [2.05, 4.69) is 10.3 Å². The molecule has 1 N–H and O–H groups in total. The molecule has 7 heteroatoms. The van der Waals surface area contributed by atoms with Crippen LogP contribution in [0.15, 0.2) is 48.5 Å². The molecule has 1 heterocycles. The second kappa shape index (κ2) is 9.78. The summed E-state index contributed by atoms with van der Waals surface area (Å²) < 4.78 is 10.5. The maximum atomic E-state index is 12.4. The Kier molecular flexibility index (Phi) is 7.13. The summed E-state index contributed by atoms with van der Waals surface area (Å²) in [5.74, 6) is 0.763. The van der Waals surface area contributed by atoms with Gasteiger partial charge in [-0.05, 0) is 37.6 Å². The standard InChI is InChI=1S/C23H23ClN2O3S/c1-14(22-15(2)26-23(30-22)17-8-6-5-7-9-17)25-20(27)11-10-16-12-18(24)21(29-4)19(13-16)28-3/h5-14H,1-4H3,(H,25,27). The fraction of sp³-hybridized carbons (Fsp3) is 0.217. The molecular formula is C23H23ClN2O3S. The van der Waals surface area contributed by atoms with E-state index in [0.29, 0.717) is 16.5 Å². The maximum Gasteiger partial charge on any atom is 0.244 e. The summed E-state index contributed by atoms with van der Waals surface area (Å²) in [6.45, 7) is 3.91. The van der Waals surface area contributed by atoms with E-state index in [4.69, 9.17) is 21.1 Å². The van der Waals surface area contributed by atoms with Crippen molar-refractivity contribution in [3.8, 4) is 22.1 Å². The van der Waals surface area contributed by atoms with Crippen molar-refractivity contribution in [1.29, 1.82) is 0 Å². The van der Waals surface area contributed by atoms with Crippen LogP contribution in [-0.2, 0) is 4.79 Å². The Balaban J connectivity index is 1.71. The molecule has 1 amide bonds. The third kappa shape index (κ3) is 5.01. The Labute approximate surface area is 185 Å². The van der Waals surface area contributed by atoms with Gasteiger partial charge in [-0.3, -0.25) is 4.79 Å². The van der Waals surface area contributed by atoms with Gasteiger partial charge in [0.2, 0.25) is 5.91 Å². The number of rotatable bonds is 7. The van der Waals surface area contributed by atoms with Crippen LogP contribution in [0.25, 0.3) is 16.6 Å². The third-order valence-electron chi connectivity index (χ3n) is 4.49. The molecule has 1 atom stereocenters. The van der Waals surface area contributed by atoms with Gasteiger partial charge < -0.3 is 14.8 Å². The van der Waals surface area contributed by atoms with Crippen LogP contribution in [0.3, 0.4) is 0 Å². The summed E-state index contributed by atoms with van der Waals surface area (Å²) >= 11 is 7.81. The molecule has 0 radical (unpaired) electrons. The van der Waals surface area contributed by atoms with Crippen LogP contribution in [0.4, 0.5) is 0 Å². The minimum Gasteiger partial charge on any atom is -0.493 e. The first kappa shape index (κ1) is 21.9. The fourth-order valence-electron chi connectivity index (χ4n) is 3.05. The van der Waals surface area contributed by atoms with E-state index >= 15 is 0 Å². The lowest BCUT2D eigenvalue weighted by atomic mass is 10.1. The molecular weight excluding hydrogens is 420 g/mol. The smallest absolute Gasteiger partial charge is 0.244 e. The van der Waals surface area contributed by atoms with Gasteiger partial charge in [0.25, 0.3) is 0 Å². The van der Waals surface area contributed by atoms with Crippen molar-refractivity contribution in [2.75, 3.05) is 14.2 Å². The predicted octanol–water partition coefficient (Wildman–Crippen LogP) is 5.68. The highest BCUT2D eigenvalue weighted by molar-refractivity contribution is 7.15. The Morgan fingerprint density at radius 1 is 1.20 bits per heavy atom. The lowest BCUT2D eigenvalue weighted by molar-refractivity contribution is -0.117. The van der Waals surface area contributed by atoms with Gasteiger partial charge in [0, 0.05) is 11.6 Å². The molecule has 30 heavy (non-hydrogen) atoms. The molecule has 1 unspecified atom stereocenters. The number of hydrogen-bond donors (Lipinski definition) is 1. The monoisotopic (exact) mass is 442 g/mol. The van der Waals surface area contributed by atoms with Crippen molar-refractivity contribution in [1.82, 2.24) is 10.3 Å². The van der Waals surface area contributed by atoms with Crippen LogP contribution in [0, 0.1) is 6.92 Å². The number of ether oxygens (including phenoxy) is 2. The molecule has 2 aromatic carbocycles. The van der Waals surface area contributed by atoms with Crippen molar-refractivity contribution in [2.24, 2.45) is 0 Å². The second-order valence-electron chi connectivity index (χ2n) is 6.64. The van der Waals surface area contributed by atoms with Gasteiger partial charge in [0.05, 0.1) is 35.9 Å². The molecule has 5 nitrogen and oxygen atoms in total. The van der Waals surface area contributed by atoms with E-state index in [0.717, 1.165) is 26.7 Å². The molecule has 0 fully saturated rings. The number of methoxy groups -OCH3 is 2. The molecule has 0 aliphatic carbocycles. The SMILES string of the molecule is COc1cc(C=CC(=O)NC(C)c2sc(-c3ccccc3)nc2C)cc(Cl)c1OC. The number of aryl methyl sites for hydroxylation is 1. The number of nitrogens with one attached hydrogen (secondary N) is 1. The van der Waals surface area contributed by atoms with Crippen LogP contribution in [0.1, 0.15) is 29.1 Å². The van der Waals surface area contributed by atoms with Gasteiger partial charge in [0.15, 0.2) is 11.5 Å².